The SMILES string of the molecule is O=C(C1CCC1)C1CCCC(C(F)(F)F)C1. The molecule has 0 aromatic rings. The molecule has 2 aliphatic rings. The molecule has 16 heavy (non-hydrogen) atoms. The lowest BCUT2D eigenvalue weighted by Crippen LogP contribution is -2.35. The summed E-state index contributed by atoms with van der Waals surface area (Å²) in [5, 5.41) is 0. The highest BCUT2D eigenvalue weighted by Gasteiger charge is 2.44. The van der Waals surface area contributed by atoms with Crippen LogP contribution in [0.3, 0.4) is 0 Å². The zero-order valence-corrected chi connectivity index (χ0v) is 9.22. The van der Waals surface area contributed by atoms with Gasteiger partial charge in [0.15, 0.2) is 0 Å². The number of hydrogen-bond donors (Lipinski definition) is 0. The summed E-state index contributed by atoms with van der Waals surface area (Å²) < 4.78 is 37.7. The lowest BCUT2D eigenvalue weighted by molar-refractivity contribution is -0.186. The molecule has 0 N–H and O–H groups in total. The Hall–Kier alpha value is -0.540. The summed E-state index contributed by atoms with van der Waals surface area (Å²) in [6.45, 7) is 0. The summed E-state index contributed by atoms with van der Waals surface area (Å²) in [7, 11) is 0. The van der Waals surface area contributed by atoms with E-state index >= 15 is 0 Å². The molecular formula is C12H17F3O. The van der Waals surface area contributed by atoms with Crippen LogP contribution < -0.4 is 0 Å². The van der Waals surface area contributed by atoms with E-state index < -0.39 is 12.1 Å². The molecule has 0 amide bonds. The molecule has 0 aromatic heterocycles. The van der Waals surface area contributed by atoms with E-state index in [-0.39, 0.29) is 30.5 Å². The molecule has 4 heteroatoms. The highest BCUT2D eigenvalue weighted by molar-refractivity contribution is 5.84. The zero-order chi connectivity index (χ0) is 11.8. The average molecular weight is 234 g/mol. The molecule has 0 aliphatic heterocycles. The minimum atomic E-state index is -4.11. The van der Waals surface area contributed by atoms with Gasteiger partial charge in [0.05, 0.1) is 5.92 Å². The van der Waals surface area contributed by atoms with Crippen molar-refractivity contribution in [1.82, 2.24) is 0 Å². The van der Waals surface area contributed by atoms with Crippen LogP contribution in [0.5, 0.6) is 0 Å². The van der Waals surface area contributed by atoms with Gasteiger partial charge in [0.2, 0.25) is 0 Å². The Labute approximate surface area is 93.4 Å². The summed E-state index contributed by atoms with van der Waals surface area (Å²) in [5.41, 5.74) is 0. The standard InChI is InChI=1S/C12H17F3O/c13-12(14,15)10-6-2-5-9(7-10)11(16)8-3-1-4-8/h8-10H,1-7H2. The number of carbonyl (C=O) groups is 1. The summed E-state index contributed by atoms with van der Waals surface area (Å²) in [6, 6.07) is 0. The third-order valence-electron chi connectivity index (χ3n) is 4.05. The first-order valence-corrected chi connectivity index (χ1v) is 6.09. The van der Waals surface area contributed by atoms with Gasteiger partial charge in [-0.15, -0.1) is 0 Å². The Bertz CT molecular complexity index is 268. The molecular weight excluding hydrogens is 217 g/mol. The molecule has 0 heterocycles. The topological polar surface area (TPSA) is 17.1 Å². The molecule has 2 rings (SSSR count). The lowest BCUT2D eigenvalue weighted by atomic mass is 9.71. The summed E-state index contributed by atoms with van der Waals surface area (Å²) >= 11 is 0. The monoisotopic (exact) mass is 234 g/mol. The fourth-order valence-electron chi connectivity index (χ4n) is 2.77. The van der Waals surface area contributed by atoms with Crippen molar-refractivity contribution in [3.05, 3.63) is 0 Å². The minimum absolute atomic E-state index is 0.0405. The van der Waals surface area contributed by atoms with Gasteiger partial charge in [-0.2, -0.15) is 13.2 Å². The largest absolute Gasteiger partial charge is 0.391 e. The first-order chi connectivity index (χ1) is 7.48. The molecule has 2 aliphatic carbocycles. The van der Waals surface area contributed by atoms with Crippen molar-refractivity contribution in [2.75, 3.05) is 0 Å². The number of hydrogen-bond acceptors (Lipinski definition) is 1. The summed E-state index contributed by atoms with van der Waals surface area (Å²) in [6.07, 6.45) is 0.203. The first-order valence-electron chi connectivity index (χ1n) is 6.09. The normalized spacial score (nSPS) is 32.2. The van der Waals surface area contributed by atoms with Gasteiger partial charge in [0.25, 0.3) is 0 Å². The lowest BCUT2D eigenvalue weighted by Gasteiger charge is -2.34. The summed E-state index contributed by atoms with van der Waals surface area (Å²) in [4.78, 5) is 11.9. The first kappa shape index (κ1) is 11.9. The second kappa shape index (κ2) is 4.38. The van der Waals surface area contributed by atoms with Crippen LogP contribution in [0.1, 0.15) is 44.9 Å². The van der Waals surface area contributed by atoms with Crippen molar-refractivity contribution in [3.63, 3.8) is 0 Å². The Morgan fingerprint density at radius 1 is 0.938 bits per heavy atom. The number of carbonyl (C=O) groups excluding carboxylic acids is 1. The Balaban J connectivity index is 1.93. The molecule has 0 spiro atoms. The van der Waals surface area contributed by atoms with Crippen LogP contribution in [0.15, 0.2) is 0 Å². The van der Waals surface area contributed by atoms with Crippen LogP contribution in [0.25, 0.3) is 0 Å². The second-order valence-corrected chi connectivity index (χ2v) is 5.13. The molecule has 92 valence electrons. The highest BCUT2D eigenvalue weighted by Crippen LogP contribution is 2.42. The van der Waals surface area contributed by atoms with E-state index in [0.29, 0.717) is 12.8 Å². The molecule has 2 saturated carbocycles. The van der Waals surface area contributed by atoms with Crippen LogP contribution in [-0.2, 0) is 4.79 Å². The van der Waals surface area contributed by atoms with Crippen molar-refractivity contribution in [1.29, 1.82) is 0 Å². The molecule has 0 radical (unpaired) electrons. The Morgan fingerprint density at radius 3 is 2.00 bits per heavy atom. The van der Waals surface area contributed by atoms with Gasteiger partial charge in [0, 0.05) is 11.8 Å². The van der Waals surface area contributed by atoms with Crippen LogP contribution >= 0.6 is 0 Å². The van der Waals surface area contributed by atoms with Gasteiger partial charge < -0.3 is 0 Å². The fraction of sp³-hybridized carbons (Fsp3) is 0.917. The van der Waals surface area contributed by atoms with Crippen LogP contribution in [0, 0.1) is 17.8 Å². The maximum absolute atomic E-state index is 12.6. The summed E-state index contributed by atoms with van der Waals surface area (Å²) in [5.74, 6) is -1.36. The van der Waals surface area contributed by atoms with Gasteiger partial charge in [-0.1, -0.05) is 12.8 Å². The zero-order valence-electron chi connectivity index (χ0n) is 9.22. The number of rotatable bonds is 2. The van der Waals surface area contributed by atoms with Crippen LogP contribution in [-0.4, -0.2) is 12.0 Å². The van der Waals surface area contributed by atoms with E-state index in [1.807, 2.05) is 0 Å². The third kappa shape index (κ3) is 2.41. The molecule has 2 fully saturated rings. The van der Waals surface area contributed by atoms with Crippen molar-refractivity contribution in [2.24, 2.45) is 17.8 Å². The van der Waals surface area contributed by atoms with Crippen molar-refractivity contribution < 1.29 is 18.0 Å². The molecule has 0 aromatic carbocycles. The number of halogens is 3. The van der Waals surface area contributed by atoms with Gasteiger partial charge in [-0.3, -0.25) is 4.79 Å². The quantitative estimate of drug-likeness (QED) is 0.711. The van der Waals surface area contributed by atoms with E-state index in [0.717, 1.165) is 19.3 Å². The number of Topliss-reactive ketones (excluding diaryl/α,β-unsaturated/α-hetero) is 1. The number of alkyl halides is 3. The minimum Gasteiger partial charge on any atom is -0.299 e. The predicted molar refractivity (Wildman–Crippen MR) is 53.9 cm³/mol. The Kier molecular flexibility index (Phi) is 3.27. The smallest absolute Gasteiger partial charge is 0.299 e. The molecule has 2 atom stereocenters. The Morgan fingerprint density at radius 2 is 1.50 bits per heavy atom. The molecule has 0 bridgehead atoms. The molecule has 2 unspecified atom stereocenters. The van der Waals surface area contributed by atoms with E-state index in [4.69, 9.17) is 0 Å². The average Bonchev–Trinajstić information content (AvgIpc) is 2.14. The fourth-order valence-corrected chi connectivity index (χ4v) is 2.77. The maximum atomic E-state index is 12.6. The van der Waals surface area contributed by atoms with E-state index in [1.165, 1.54) is 0 Å². The van der Waals surface area contributed by atoms with Gasteiger partial charge in [0.1, 0.15) is 5.78 Å². The van der Waals surface area contributed by atoms with Crippen molar-refractivity contribution in [2.45, 2.75) is 51.1 Å². The highest BCUT2D eigenvalue weighted by atomic mass is 19.4. The number of ketones is 1. The van der Waals surface area contributed by atoms with Gasteiger partial charge >= 0.3 is 6.18 Å². The van der Waals surface area contributed by atoms with Crippen LogP contribution in [0.4, 0.5) is 13.2 Å². The van der Waals surface area contributed by atoms with Crippen molar-refractivity contribution in [3.8, 4) is 0 Å². The molecule has 1 nitrogen and oxygen atoms in total. The maximum Gasteiger partial charge on any atom is 0.391 e. The molecule has 0 saturated heterocycles. The van der Waals surface area contributed by atoms with Crippen LogP contribution in [0.2, 0.25) is 0 Å². The van der Waals surface area contributed by atoms with E-state index in [2.05, 4.69) is 0 Å². The van der Waals surface area contributed by atoms with E-state index in [1.54, 1.807) is 0 Å². The third-order valence-corrected chi connectivity index (χ3v) is 4.05. The van der Waals surface area contributed by atoms with E-state index in [9.17, 15) is 18.0 Å². The van der Waals surface area contributed by atoms with Crippen molar-refractivity contribution >= 4 is 5.78 Å². The predicted octanol–water partition coefficient (Wildman–Crippen LogP) is 3.72. The second-order valence-electron chi connectivity index (χ2n) is 5.13. The van der Waals surface area contributed by atoms with Gasteiger partial charge in [-0.25, -0.2) is 0 Å². The van der Waals surface area contributed by atoms with Gasteiger partial charge in [-0.05, 0) is 32.1 Å².